The van der Waals surface area contributed by atoms with Crippen LogP contribution in [0.1, 0.15) is 51.9 Å². The molecule has 1 N–H and O–H groups in total. The molecule has 0 aliphatic carbocycles. The maximum atomic E-state index is 12.5. The van der Waals surface area contributed by atoms with Gasteiger partial charge in [-0.05, 0) is 43.4 Å². The van der Waals surface area contributed by atoms with E-state index < -0.39 is 0 Å². The Morgan fingerprint density at radius 1 is 1.24 bits per heavy atom. The maximum Gasteiger partial charge on any atom is 0.261 e. The number of amides is 1. The van der Waals surface area contributed by atoms with E-state index in [-0.39, 0.29) is 5.91 Å². The molecule has 0 saturated carbocycles. The van der Waals surface area contributed by atoms with Crippen LogP contribution in [0.5, 0.6) is 0 Å². The van der Waals surface area contributed by atoms with Crippen molar-refractivity contribution in [3.63, 3.8) is 0 Å². The van der Waals surface area contributed by atoms with Crippen molar-refractivity contribution in [3.8, 4) is 0 Å². The van der Waals surface area contributed by atoms with Crippen molar-refractivity contribution in [2.75, 3.05) is 13.1 Å². The summed E-state index contributed by atoms with van der Waals surface area (Å²) in [6.45, 7) is 7.40. The second kappa shape index (κ2) is 8.63. The van der Waals surface area contributed by atoms with Crippen molar-refractivity contribution in [1.29, 1.82) is 0 Å². The number of rotatable bonds is 6. The molecule has 0 spiro atoms. The van der Waals surface area contributed by atoms with Gasteiger partial charge in [-0.25, -0.2) is 0 Å². The predicted molar refractivity (Wildman–Crippen MR) is 105 cm³/mol. The van der Waals surface area contributed by atoms with Gasteiger partial charge in [-0.2, -0.15) is 0 Å². The standard InChI is InChI=1S/C21H28N2OS/c1-3-7-18-14-20(25-16(18)2)21(24)22-19-10-12-23(13-11-19)15-17-8-5-4-6-9-17/h4-6,8-9,14,19H,3,7,10-13,15H2,1-2H3,(H,22,24). The largest absolute Gasteiger partial charge is 0.349 e. The third-order valence-corrected chi connectivity index (χ3v) is 6.03. The summed E-state index contributed by atoms with van der Waals surface area (Å²) in [7, 11) is 0. The van der Waals surface area contributed by atoms with E-state index in [1.165, 1.54) is 16.0 Å². The first-order valence-electron chi connectivity index (χ1n) is 9.32. The molecule has 25 heavy (non-hydrogen) atoms. The van der Waals surface area contributed by atoms with Crippen molar-refractivity contribution in [2.24, 2.45) is 0 Å². The molecule has 4 heteroatoms. The average molecular weight is 357 g/mol. The molecule has 134 valence electrons. The number of benzene rings is 1. The lowest BCUT2D eigenvalue weighted by Gasteiger charge is -2.32. The fourth-order valence-corrected chi connectivity index (χ4v) is 4.46. The Labute approximate surface area is 155 Å². The molecule has 0 atom stereocenters. The number of aryl methyl sites for hydroxylation is 2. The summed E-state index contributed by atoms with van der Waals surface area (Å²) in [5, 5.41) is 3.25. The summed E-state index contributed by atoms with van der Waals surface area (Å²) < 4.78 is 0. The molecule has 0 radical (unpaired) electrons. The number of carbonyl (C=O) groups excluding carboxylic acids is 1. The summed E-state index contributed by atoms with van der Waals surface area (Å²) in [5.41, 5.74) is 2.69. The lowest BCUT2D eigenvalue weighted by molar-refractivity contribution is 0.0913. The van der Waals surface area contributed by atoms with E-state index in [4.69, 9.17) is 0 Å². The van der Waals surface area contributed by atoms with E-state index in [0.29, 0.717) is 6.04 Å². The Balaban J connectivity index is 1.48. The number of carbonyl (C=O) groups is 1. The summed E-state index contributed by atoms with van der Waals surface area (Å²) in [6.07, 6.45) is 4.25. The van der Waals surface area contributed by atoms with Crippen molar-refractivity contribution < 1.29 is 4.79 Å². The Hall–Kier alpha value is -1.65. The Bertz CT molecular complexity index is 687. The van der Waals surface area contributed by atoms with Gasteiger partial charge < -0.3 is 5.32 Å². The molecular formula is C21H28N2OS. The van der Waals surface area contributed by atoms with Crippen LogP contribution in [-0.2, 0) is 13.0 Å². The van der Waals surface area contributed by atoms with Crippen LogP contribution in [0.25, 0.3) is 0 Å². The van der Waals surface area contributed by atoms with Gasteiger partial charge in [0.15, 0.2) is 0 Å². The van der Waals surface area contributed by atoms with Gasteiger partial charge in [0.1, 0.15) is 0 Å². The zero-order valence-electron chi connectivity index (χ0n) is 15.3. The smallest absolute Gasteiger partial charge is 0.261 e. The van der Waals surface area contributed by atoms with Crippen LogP contribution in [0.3, 0.4) is 0 Å². The van der Waals surface area contributed by atoms with E-state index in [1.807, 2.05) is 0 Å². The lowest BCUT2D eigenvalue weighted by atomic mass is 10.0. The molecule has 1 aromatic heterocycles. The highest BCUT2D eigenvalue weighted by Gasteiger charge is 2.22. The Kier molecular flexibility index (Phi) is 6.27. The van der Waals surface area contributed by atoms with Gasteiger partial charge in [-0.15, -0.1) is 11.3 Å². The van der Waals surface area contributed by atoms with Crippen LogP contribution in [0.4, 0.5) is 0 Å². The van der Waals surface area contributed by atoms with Crippen molar-refractivity contribution in [1.82, 2.24) is 10.2 Å². The van der Waals surface area contributed by atoms with Crippen LogP contribution >= 0.6 is 11.3 Å². The fraction of sp³-hybridized carbons (Fsp3) is 0.476. The first-order valence-corrected chi connectivity index (χ1v) is 10.1. The van der Waals surface area contributed by atoms with Crippen LogP contribution in [0, 0.1) is 6.92 Å². The average Bonchev–Trinajstić information content (AvgIpc) is 2.99. The predicted octanol–water partition coefficient (Wildman–Crippen LogP) is 4.40. The minimum absolute atomic E-state index is 0.108. The van der Waals surface area contributed by atoms with Gasteiger partial charge in [0.2, 0.25) is 0 Å². The molecule has 2 heterocycles. The summed E-state index contributed by atoms with van der Waals surface area (Å²) in [4.78, 5) is 17.2. The molecule has 1 aliphatic heterocycles. The number of hydrogen-bond acceptors (Lipinski definition) is 3. The second-order valence-electron chi connectivity index (χ2n) is 6.95. The Morgan fingerprint density at radius 3 is 2.64 bits per heavy atom. The highest BCUT2D eigenvalue weighted by atomic mass is 32.1. The van der Waals surface area contributed by atoms with E-state index in [2.05, 4.69) is 60.5 Å². The van der Waals surface area contributed by atoms with Gasteiger partial charge >= 0.3 is 0 Å². The number of hydrogen-bond donors (Lipinski definition) is 1. The second-order valence-corrected chi connectivity index (χ2v) is 8.21. The highest BCUT2D eigenvalue weighted by molar-refractivity contribution is 7.14. The Morgan fingerprint density at radius 2 is 1.96 bits per heavy atom. The van der Waals surface area contributed by atoms with E-state index in [0.717, 1.165) is 50.2 Å². The quantitative estimate of drug-likeness (QED) is 0.832. The molecule has 1 saturated heterocycles. The maximum absolute atomic E-state index is 12.5. The van der Waals surface area contributed by atoms with Crippen LogP contribution in [0.15, 0.2) is 36.4 Å². The molecule has 2 aromatic rings. The molecule has 0 bridgehead atoms. The number of nitrogens with zero attached hydrogens (tertiary/aromatic N) is 1. The third kappa shape index (κ3) is 4.93. The number of piperidine rings is 1. The molecule has 1 amide bonds. The van der Waals surface area contributed by atoms with Crippen LogP contribution in [-0.4, -0.2) is 29.9 Å². The van der Waals surface area contributed by atoms with E-state index >= 15 is 0 Å². The third-order valence-electron chi connectivity index (χ3n) is 4.94. The molecular weight excluding hydrogens is 328 g/mol. The minimum Gasteiger partial charge on any atom is -0.349 e. The minimum atomic E-state index is 0.108. The van der Waals surface area contributed by atoms with Crippen LogP contribution < -0.4 is 5.32 Å². The van der Waals surface area contributed by atoms with E-state index in [1.54, 1.807) is 11.3 Å². The first kappa shape index (κ1) is 18.2. The summed E-state index contributed by atoms with van der Waals surface area (Å²) in [5.74, 6) is 0.108. The molecule has 3 rings (SSSR count). The number of thiophene rings is 1. The van der Waals surface area contributed by atoms with Gasteiger partial charge in [0.25, 0.3) is 5.91 Å². The summed E-state index contributed by atoms with van der Waals surface area (Å²) >= 11 is 1.63. The van der Waals surface area contributed by atoms with Gasteiger partial charge in [0.05, 0.1) is 4.88 Å². The molecule has 1 fully saturated rings. The number of likely N-dealkylation sites (tertiary alicyclic amines) is 1. The molecule has 1 aromatic carbocycles. The van der Waals surface area contributed by atoms with E-state index in [9.17, 15) is 4.79 Å². The number of nitrogens with one attached hydrogen (secondary N) is 1. The van der Waals surface area contributed by atoms with Gasteiger partial charge in [-0.3, -0.25) is 9.69 Å². The van der Waals surface area contributed by atoms with Crippen molar-refractivity contribution in [2.45, 2.75) is 52.1 Å². The van der Waals surface area contributed by atoms with Crippen molar-refractivity contribution in [3.05, 3.63) is 57.3 Å². The topological polar surface area (TPSA) is 32.3 Å². The SMILES string of the molecule is CCCc1cc(C(=O)NC2CCN(Cc3ccccc3)CC2)sc1C. The van der Waals surface area contributed by atoms with Crippen molar-refractivity contribution >= 4 is 17.2 Å². The lowest BCUT2D eigenvalue weighted by Crippen LogP contribution is -2.44. The van der Waals surface area contributed by atoms with Gasteiger partial charge in [-0.1, -0.05) is 43.7 Å². The first-order chi connectivity index (χ1) is 12.2. The molecule has 3 nitrogen and oxygen atoms in total. The zero-order valence-corrected chi connectivity index (χ0v) is 16.1. The normalized spacial score (nSPS) is 16.1. The monoisotopic (exact) mass is 356 g/mol. The zero-order chi connectivity index (χ0) is 17.6. The van der Waals surface area contributed by atoms with Crippen LogP contribution in [0.2, 0.25) is 0 Å². The summed E-state index contributed by atoms with van der Waals surface area (Å²) in [6, 6.07) is 13.0. The fourth-order valence-electron chi connectivity index (χ4n) is 3.48. The molecule has 1 aliphatic rings. The highest BCUT2D eigenvalue weighted by Crippen LogP contribution is 2.23. The molecule has 0 unspecified atom stereocenters. The van der Waals surface area contributed by atoms with Gasteiger partial charge in [0, 0.05) is 30.6 Å².